The molecule has 0 radical (unpaired) electrons. The normalized spacial score (nSPS) is 13.1. The first-order chi connectivity index (χ1) is 4.66. The van der Waals surface area contributed by atoms with E-state index in [1.807, 2.05) is 6.92 Å². The van der Waals surface area contributed by atoms with E-state index < -0.39 is 0 Å². The van der Waals surface area contributed by atoms with E-state index in [1.54, 1.807) is 6.92 Å². The zero-order valence-corrected chi connectivity index (χ0v) is 6.72. The summed E-state index contributed by atoms with van der Waals surface area (Å²) in [4.78, 5) is 10.4. The standard InChI is InChI=1S/C7H14O3/c1-4-9-7(3)10-5-6(2)8/h7H,4-5H2,1-3H3. The Morgan fingerprint density at radius 1 is 1.50 bits per heavy atom. The molecule has 1 unspecified atom stereocenters. The Hall–Kier alpha value is -0.410. The molecule has 0 aromatic rings. The van der Waals surface area contributed by atoms with Crippen LogP contribution < -0.4 is 0 Å². The fourth-order valence-electron chi connectivity index (χ4n) is 0.518. The number of carbonyl (C=O) groups is 1. The van der Waals surface area contributed by atoms with Crippen LogP contribution in [0.4, 0.5) is 0 Å². The lowest BCUT2D eigenvalue weighted by atomic mass is 10.5. The monoisotopic (exact) mass is 146 g/mol. The summed E-state index contributed by atoms with van der Waals surface area (Å²) >= 11 is 0. The SMILES string of the molecule is CCOC(C)OCC(C)=O. The summed E-state index contributed by atoms with van der Waals surface area (Å²) in [5.74, 6) is 0.0200. The van der Waals surface area contributed by atoms with Gasteiger partial charge in [-0.15, -0.1) is 0 Å². The summed E-state index contributed by atoms with van der Waals surface area (Å²) in [6.07, 6.45) is -0.270. The van der Waals surface area contributed by atoms with Crippen molar-refractivity contribution in [1.82, 2.24) is 0 Å². The molecule has 0 N–H and O–H groups in total. The molecule has 0 heterocycles. The van der Waals surface area contributed by atoms with Gasteiger partial charge in [-0.25, -0.2) is 0 Å². The minimum Gasteiger partial charge on any atom is -0.353 e. The smallest absolute Gasteiger partial charge is 0.155 e. The zero-order valence-electron chi connectivity index (χ0n) is 6.72. The highest BCUT2D eigenvalue weighted by molar-refractivity contribution is 5.76. The molecule has 0 saturated heterocycles. The highest BCUT2D eigenvalue weighted by atomic mass is 16.7. The second kappa shape index (κ2) is 5.38. The zero-order chi connectivity index (χ0) is 7.98. The van der Waals surface area contributed by atoms with E-state index in [-0.39, 0.29) is 18.7 Å². The molecule has 0 saturated carbocycles. The van der Waals surface area contributed by atoms with Gasteiger partial charge in [0.2, 0.25) is 0 Å². The van der Waals surface area contributed by atoms with E-state index in [2.05, 4.69) is 0 Å². The van der Waals surface area contributed by atoms with Gasteiger partial charge in [0, 0.05) is 6.61 Å². The number of rotatable bonds is 5. The summed E-state index contributed by atoms with van der Waals surface area (Å²) in [6.45, 7) is 5.89. The van der Waals surface area contributed by atoms with Crippen molar-refractivity contribution in [1.29, 1.82) is 0 Å². The fourth-order valence-corrected chi connectivity index (χ4v) is 0.518. The Morgan fingerprint density at radius 3 is 2.50 bits per heavy atom. The molecule has 0 rings (SSSR count). The number of carbonyl (C=O) groups excluding carboxylic acids is 1. The van der Waals surface area contributed by atoms with Crippen LogP contribution in [-0.2, 0) is 14.3 Å². The summed E-state index contributed by atoms with van der Waals surface area (Å²) < 4.78 is 9.99. The number of ether oxygens (including phenoxy) is 2. The van der Waals surface area contributed by atoms with Crippen LogP contribution in [0.5, 0.6) is 0 Å². The van der Waals surface area contributed by atoms with Gasteiger partial charge in [0.05, 0.1) is 0 Å². The molecule has 0 aliphatic rings. The summed E-state index contributed by atoms with van der Waals surface area (Å²) in [5.41, 5.74) is 0. The lowest BCUT2D eigenvalue weighted by molar-refractivity contribution is -0.146. The Kier molecular flexibility index (Phi) is 5.16. The van der Waals surface area contributed by atoms with Crippen LogP contribution in [0.2, 0.25) is 0 Å². The van der Waals surface area contributed by atoms with Crippen LogP contribution in [0, 0.1) is 0 Å². The largest absolute Gasteiger partial charge is 0.353 e. The number of ketones is 1. The Balaban J connectivity index is 3.21. The fraction of sp³-hybridized carbons (Fsp3) is 0.857. The van der Waals surface area contributed by atoms with Gasteiger partial charge in [-0.05, 0) is 20.8 Å². The average Bonchev–Trinajstić information content (AvgIpc) is 1.85. The van der Waals surface area contributed by atoms with Gasteiger partial charge >= 0.3 is 0 Å². The quantitative estimate of drug-likeness (QED) is 0.542. The van der Waals surface area contributed by atoms with Crippen molar-refractivity contribution in [2.75, 3.05) is 13.2 Å². The third-order valence-corrected chi connectivity index (χ3v) is 0.923. The lowest BCUT2D eigenvalue weighted by Gasteiger charge is -2.10. The van der Waals surface area contributed by atoms with Crippen LogP contribution in [-0.4, -0.2) is 25.3 Å². The van der Waals surface area contributed by atoms with E-state index >= 15 is 0 Å². The molecule has 0 bridgehead atoms. The first kappa shape index (κ1) is 9.59. The second-order valence-corrected chi connectivity index (χ2v) is 2.04. The molecule has 0 aliphatic heterocycles. The van der Waals surface area contributed by atoms with Gasteiger partial charge in [0.25, 0.3) is 0 Å². The van der Waals surface area contributed by atoms with Crippen LogP contribution in [0.1, 0.15) is 20.8 Å². The molecule has 3 heteroatoms. The van der Waals surface area contributed by atoms with Crippen molar-refractivity contribution >= 4 is 5.78 Å². The molecule has 0 aromatic heterocycles. The van der Waals surface area contributed by atoms with Crippen molar-refractivity contribution in [3.05, 3.63) is 0 Å². The Bertz CT molecular complexity index is 101. The van der Waals surface area contributed by atoms with Gasteiger partial charge < -0.3 is 9.47 Å². The van der Waals surface area contributed by atoms with Crippen molar-refractivity contribution in [3.63, 3.8) is 0 Å². The topological polar surface area (TPSA) is 35.5 Å². The van der Waals surface area contributed by atoms with E-state index in [0.717, 1.165) is 0 Å². The van der Waals surface area contributed by atoms with Gasteiger partial charge in [-0.1, -0.05) is 0 Å². The predicted molar refractivity (Wildman–Crippen MR) is 37.7 cm³/mol. The van der Waals surface area contributed by atoms with Crippen molar-refractivity contribution in [3.8, 4) is 0 Å². The van der Waals surface area contributed by atoms with E-state index in [9.17, 15) is 4.79 Å². The summed E-state index contributed by atoms with van der Waals surface area (Å²) in [6, 6.07) is 0. The summed E-state index contributed by atoms with van der Waals surface area (Å²) in [5, 5.41) is 0. The molecule has 10 heavy (non-hydrogen) atoms. The van der Waals surface area contributed by atoms with Crippen molar-refractivity contribution in [2.45, 2.75) is 27.1 Å². The van der Waals surface area contributed by atoms with Crippen LogP contribution in [0.3, 0.4) is 0 Å². The molecule has 0 amide bonds. The molecule has 0 fully saturated rings. The van der Waals surface area contributed by atoms with Gasteiger partial charge in [0.1, 0.15) is 6.61 Å². The average molecular weight is 146 g/mol. The molecule has 0 spiro atoms. The van der Waals surface area contributed by atoms with Gasteiger partial charge in [-0.2, -0.15) is 0 Å². The molecule has 0 aromatic carbocycles. The van der Waals surface area contributed by atoms with E-state index in [0.29, 0.717) is 6.61 Å². The van der Waals surface area contributed by atoms with Gasteiger partial charge in [-0.3, -0.25) is 4.79 Å². The van der Waals surface area contributed by atoms with Crippen LogP contribution in [0.15, 0.2) is 0 Å². The molecule has 0 aliphatic carbocycles. The minimum absolute atomic E-state index is 0.0200. The first-order valence-corrected chi connectivity index (χ1v) is 3.39. The second-order valence-electron chi connectivity index (χ2n) is 2.04. The highest BCUT2D eigenvalue weighted by Gasteiger charge is 2.00. The van der Waals surface area contributed by atoms with E-state index in [1.165, 1.54) is 6.92 Å². The van der Waals surface area contributed by atoms with Crippen molar-refractivity contribution < 1.29 is 14.3 Å². The number of hydrogen-bond donors (Lipinski definition) is 0. The third-order valence-electron chi connectivity index (χ3n) is 0.923. The maximum atomic E-state index is 10.4. The molecule has 1 atom stereocenters. The highest BCUT2D eigenvalue weighted by Crippen LogP contribution is 1.91. The third kappa shape index (κ3) is 5.72. The van der Waals surface area contributed by atoms with Crippen molar-refractivity contribution in [2.24, 2.45) is 0 Å². The molecular formula is C7H14O3. The van der Waals surface area contributed by atoms with E-state index in [4.69, 9.17) is 9.47 Å². The number of hydrogen-bond acceptors (Lipinski definition) is 3. The minimum atomic E-state index is -0.270. The first-order valence-electron chi connectivity index (χ1n) is 3.39. The van der Waals surface area contributed by atoms with Crippen LogP contribution in [0.25, 0.3) is 0 Å². The maximum Gasteiger partial charge on any atom is 0.155 e. The summed E-state index contributed by atoms with van der Waals surface area (Å²) in [7, 11) is 0. The van der Waals surface area contributed by atoms with Gasteiger partial charge in [0.15, 0.2) is 12.1 Å². The maximum absolute atomic E-state index is 10.4. The Labute approximate surface area is 61.3 Å². The Morgan fingerprint density at radius 2 is 2.10 bits per heavy atom. The number of Topliss-reactive ketones (excluding diaryl/α,β-unsaturated/α-hetero) is 1. The van der Waals surface area contributed by atoms with Crippen LogP contribution >= 0.6 is 0 Å². The lowest BCUT2D eigenvalue weighted by Crippen LogP contribution is -2.16. The predicted octanol–water partition coefficient (Wildman–Crippen LogP) is 0.974. The molecular weight excluding hydrogens is 132 g/mol. The molecule has 60 valence electrons. The molecule has 3 nitrogen and oxygen atoms in total.